The van der Waals surface area contributed by atoms with Crippen LogP contribution in [0.15, 0.2) is 83.8 Å². The number of carbonyl (C=O) groups excluding carboxylic acids is 1. The third-order valence-electron chi connectivity index (χ3n) is 6.23. The minimum Gasteiger partial charge on any atom is -0.502 e. The van der Waals surface area contributed by atoms with E-state index in [9.17, 15) is 14.7 Å². The molecular weight excluding hydrogens is 418 g/mol. The van der Waals surface area contributed by atoms with Crippen molar-refractivity contribution in [1.29, 1.82) is 0 Å². The van der Waals surface area contributed by atoms with Gasteiger partial charge in [0.25, 0.3) is 5.91 Å². The maximum absolute atomic E-state index is 13.5. The number of carbonyl (C=O) groups is 1. The largest absolute Gasteiger partial charge is 0.502 e. The number of ether oxygens (including phenoxy) is 1. The fourth-order valence-corrected chi connectivity index (χ4v) is 4.61. The summed E-state index contributed by atoms with van der Waals surface area (Å²) in [6.07, 6.45) is 6.10. The first-order valence-electron chi connectivity index (χ1n) is 11.1. The first-order valence-corrected chi connectivity index (χ1v) is 11.1. The lowest BCUT2D eigenvalue weighted by molar-refractivity contribution is 0.0626. The summed E-state index contributed by atoms with van der Waals surface area (Å²) in [7, 11) is 0. The Kier molecular flexibility index (Phi) is 5.38. The highest BCUT2D eigenvalue weighted by molar-refractivity contribution is 5.96. The van der Waals surface area contributed by atoms with Crippen LogP contribution >= 0.6 is 0 Å². The molecule has 0 fully saturated rings. The average Bonchev–Trinajstić information content (AvgIpc) is 2.87. The summed E-state index contributed by atoms with van der Waals surface area (Å²) in [5.74, 6) is -0.179. The second kappa shape index (κ2) is 8.50. The molecule has 1 N–H and O–H groups in total. The molecule has 0 spiro atoms. The van der Waals surface area contributed by atoms with Gasteiger partial charge in [-0.2, -0.15) is 0 Å². The SMILES string of the molecule is CC[C@H]1/C=C/COc2ccccc2[C@H](c2ccccc2)N2CN1C(=O)c1c(O)c(=O)ccn12. The highest BCUT2D eigenvalue weighted by Crippen LogP contribution is 2.37. The first kappa shape index (κ1) is 20.9. The minimum atomic E-state index is -0.579. The molecule has 168 valence electrons. The van der Waals surface area contributed by atoms with Crippen LogP contribution in [0.25, 0.3) is 0 Å². The molecule has 1 amide bonds. The van der Waals surface area contributed by atoms with E-state index in [1.54, 1.807) is 15.8 Å². The summed E-state index contributed by atoms with van der Waals surface area (Å²) >= 11 is 0. The van der Waals surface area contributed by atoms with Crippen molar-refractivity contribution < 1.29 is 14.6 Å². The van der Waals surface area contributed by atoms with Gasteiger partial charge in [-0.15, -0.1) is 0 Å². The number of pyridine rings is 1. The number of aromatic hydroxyl groups is 1. The predicted octanol–water partition coefficient (Wildman–Crippen LogP) is 3.42. The second-order valence-electron chi connectivity index (χ2n) is 8.14. The van der Waals surface area contributed by atoms with Gasteiger partial charge in [-0.3, -0.25) is 19.3 Å². The van der Waals surface area contributed by atoms with E-state index >= 15 is 0 Å². The van der Waals surface area contributed by atoms with E-state index in [0.717, 1.165) is 16.9 Å². The Morgan fingerprint density at radius 2 is 1.79 bits per heavy atom. The van der Waals surface area contributed by atoms with Crippen LogP contribution in [0.4, 0.5) is 0 Å². The molecule has 1 aromatic heterocycles. The Morgan fingerprint density at radius 3 is 2.58 bits per heavy atom. The van der Waals surface area contributed by atoms with Crippen LogP contribution in [0, 0.1) is 0 Å². The fourth-order valence-electron chi connectivity index (χ4n) is 4.61. The molecule has 2 aromatic carbocycles. The van der Waals surface area contributed by atoms with Gasteiger partial charge in [-0.1, -0.05) is 61.5 Å². The van der Waals surface area contributed by atoms with Crippen molar-refractivity contribution in [2.24, 2.45) is 0 Å². The lowest BCUT2D eigenvalue weighted by atomic mass is 9.97. The maximum Gasteiger partial charge on any atom is 0.278 e. The van der Waals surface area contributed by atoms with Crippen molar-refractivity contribution in [3.63, 3.8) is 0 Å². The van der Waals surface area contributed by atoms with Gasteiger partial charge in [0.2, 0.25) is 5.43 Å². The molecule has 2 atom stereocenters. The van der Waals surface area contributed by atoms with E-state index in [-0.39, 0.29) is 30.4 Å². The number of rotatable bonds is 2. The van der Waals surface area contributed by atoms with E-state index in [1.165, 1.54) is 6.07 Å². The second-order valence-corrected chi connectivity index (χ2v) is 8.14. The van der Waals surface area contributed by atoms with Crippen molar-refractivity contribution in [2.75, 3.05) is 18.3 Å². The standard InChI is InChI=1S/C26H25N3O4/c1-2-19-11-8-16-33-22-13-7-6-12-20(22)23(18-9-4-3-5-10-18)29-17-27(19)26(32)24-25(31)21(30)14-15-28(24)29/h3-15,19,23,31H,2,16-17H2,1H3/b11-8+/t19-,23-/m0/s1. The van der Waals surface area contributed by atoms with E-state index in [2.05, 4.69) is 0 Å². The van der Waals surface area contributed by atoms with Crippen LogP contribution in [0.2, 0.25) is 0 Å². The number of hydrogen-bond donors (Lipinski definition) is 1. The van der Waals surface area contributed by atoms with Gasteiger partial charge in [0.15, 0.2) is 11.4 Å². The smallest absolute Gasteiger partial charge is 0.278 e. The molecular formula is C26H25N3O4. The van der Waals surface area contributed by atoms with E-state index in [1.807, 2.05) is 78.7 Å². The fraction of sp³-hybridized carbons (Fsp3) is 0.231. The molecule has 33 heavy (non-hydrogen) atoms. The molecule has 7 heteroatoms. The van der Waals surface area contributed by atoms with E-state index < -0.39 is 11.2 Å². The first-order chi connectivity index (χ1) is 16.1. The van der Waals surface area contributed by atoms with Crippen molar-refractivity contribution in [2.45, 2.75) is 25.4 Å². The molecule has 0 unspecified atom stereocenters. The average molecular weight is 444 g/mol. The molecule has 2 bridgehead atoms. The number of aromatic nitrogens is 1. The zero-order chi connectivity index (χ0) is 22.9. The molecule has 7 nitrogen and oxygen atoms in total. The number of hydrogen-bond acceptors (Lipinski definition) is 5. The molecule has 0 radical (unpaired) electrons. The molecule has 5 rings (SSSR count). The van der Waals surface area contributed by atoms with Crippen molar-refractivity contribution in [1.82, 2.24) is 9.58 Å². The predicted molar refractivity (Wildman–Crippen MR) is 125 cm³/mol. The molecule has 0 saturated heterocycles. The highest BCUT2D eigenvalue weighted by atomic mass is 16.5. The molecule has 3 aromatic rings. The van der Waals surface area contributed by atoms with Crippen LogP contribution in [0.3, 0.4) is 0 Å². The summed E-state index contributed by atoms with van der Waals surface area (Å²) in [5.41, 5.74) is 1.31. The molecule has 2 aliphatic rings. The van der Waals surface area contributed by atoms with Crippen LogP contribution in [-0.2, 0) is 0 Å². The monoisotopic (exact) mass is 443 g/mol. The van der Waals surface area contributed by atoms with Crippen LogP contribution < -0.4 is 15.2 Å². The van der Waals surface area contributed by atoms with Crippen molar-refractivity contribution in [3.8, 4) is 11.5 Å². The van der Waals surface area contributed by atoms with Gasteiger partial charge in [-0.25, -0.2) is 0 Å². The number of para-hydroxylation sites is 1. The lowest BCUT2D eigenvalue weighted by Crippen LogP contribution is -2.57. The maximum atomic E-state index is 13.5. The third-order valence-corrected chi connectivity index (χ3v) is 6.23. The van der Waals surface area contributed by atoms with Crippen LogP contribution in [0.5, 0.6) is 11.5 Å². The zero-order valence-electron chi connectivity index (χ0n) is 18.3. The summed E-state index contributed by atoms with van der Waals surface area (Å²) < 4.78 is 7.75. The van der Waals surface area contributed by atoms with E-state index in [4.69, 9.17) is 4.74 Å². The molecule has 3 heterocycles. The summed E-state index contributed by atoms with van der Waals surface area (Å²) in [5, 5.41) is 12.7. The summed E-state index contributed by atoms with van der Waals surface area (Å²) in [6.45, 7) is 2.64. The van der Waals surface area contributed by atoms with Crippen molar-refractivity contribution >= 4 is 5.91 Å². The molecule has 0 saturated carbocycles. The minimum absolute atomic E-state index is 0.0285. The van der Waals surface area contributed by atoms with Gasteiger partial charge in [0.1, 0.15) is 25.1 Å². The Bertz CT molecular complexity index is 1270. The quantitative estimate of drug-likeness (QED) is 0.615. The highest BCUT2D eigenvalue weighted by Gasteiger charge is 2.39. The van der Waals surface area contributed by atoms with Gasteiger partial charge >= 0.3 is 0 Å². The van der Waals surface area contributed by atoms with Gasteiger partial charge in [0.05, 0.1) is 6.04 Å². The Labute approximate surface area is 191 Å². The third kappa shape index (κ3) is 3.55. The molecule has 0 aliphatic carbocycles. The summed E-state index contributed by atoms with van der Waals surface area (Å²) in [4.78, 5) is 27.5. The Balaban J connectivity index is 1.81. The zero-order valence-corrected chi connectivity index (χ0v) is 18.3. The topological polar surface area (TPSA) is 75.0 Å². The van der Waals surface area contributed by atoms with Crippen LogP contribution in [0.1, 0.15) is 41.0 Å². The molecule has 2 aliphatic heterocycles. The van der Waals surface area contributed by atoms with E-state index in [0.29, 0.717) is 13.0 Å². The Hall–Kier alpha value is -4.00. The van der Waals surface area contributed by atoms with Gasteiger partial charge in [-0.05, 0) is 24.1 Å². The number of nitrogens with zero attached hydrogens (tertiary/aromatic N) is 3. The van der Waals surface area contributed by atoms with Crippen molar-refractivity contribution in [3.05, 3.63) is 106 Å². The number of amides is 1. The lowest BCUT2D eigenvalue weighted by Gasteiger charge is -2.45. The number of benzene rings is 2. The van der Waals surface area contributed by atoms with Gasteiger partial charge in [0, 0.05) is 17.8 Å². The van der Waals surface area contributed by atoms with Crippen LogP contribution in [-0.4, -0.2) is 39.9 Å². The summed E-state index contributed by atoms with van der Waals surface area (Å²) in [6, 6.07) is 18.5. The normalized spacial score (nSPS) is 20.8. The Morgan fingerprint density at radius 1 is 1.03 bits per heavy atom. The van der Waals surface area contributed by atoms with Gasteiger partial charge < -0.3 is 14.7 Å². The number of fused-ring (bicyclic) bond motifs is 5.